The Labute approximate surface area is 172 Å². The lowest BCUT2D eigenvalue weighted by atomic mass is 10.2. The molecule has 2 rings (SSSR count). The number of benzene rings is 1. The van der Waals surface area contributed by atoms with Gasteiger partial charge in [0.2, 0.25) is 0 Å². The quantitative estimate of drug-likeness (QED) is 0.282. The summed E-state index contributed by atoms with van der Waals surface area (Å²) in [4.78, 5) is 6.78. The lowest BCUT2D eigenvalue weighted by Gasteiger charge is -2.35. The zero-order valence-electron chi connectivity index (χ0n) is 15.0. The number of nitrogens with zero attached hydrogens (tertiary/aromatic N) is 2. The molecule has 8 heteroatoms. The fourth-order valence-electron chi connectivity index (χ4n) is 2.89. The molecule has 0 bridgehead atoms. The van der Waals surface area contributed by atoms with Crippen LogP contribution < -0.4 is 15.8 Å². The van der Waals surface area contributed by atoms with Gasteiger partial charge in [-0.15, -0.1) is 24.0 Å². The van der Waals surface area contributed by atoms with E-state index in [1.807, 2.05) is 6.07 Å². The Morgan fingerprint density at radius 3 is 2.68 bits per heavy atom. The summed E-state index contributed by atoms with van der Waals surface area (Å²) in [5.41, 5.74) is 6.71. The number of morpholine rings is 1. The van der Waals surface area contributed by atoms with Crippen molar-refractivity contribution in [1.82, 2.24) is 4.90 Å². The minimum Gasteiger partial charge on any atom is -0.495 e. The Kier molecular flexibility index (Phi) is 9.84. The second-order valence-corrected chi connectivity index (χ2v) is 6.52. The Balaban J connectivity index is 0.00000312. The Morgan fingerprint density at radius 1 is 1.40 bits per heavy atom. The molecule has 2 unspecified atom stereocenters. The van der Waals surface area contributed by atoms with Gasteiger partial charge < -0.3 is 20.5 Å². The largest absolute Gasteiger partial charge is 0.495 e. The molecule has 1 aromatic rings. The highest BCUT2D eigenvalue weighted by molar-refractivity contribution is 14.0. The molecule has 1 fully saturated rings. The van der Waals surface area contributed by atoms with Gasteiger partial charge in [0.25, 0.3) is 0 Å². The number of hydrogen-bond donors (Lipinski definition) is 2. The molecule has 2 atom stereocenters. The minimum absolute atomic E-state index is 0. The van der Waals surface area contributed by atoms with E-state index < -0.39 is 0 Å². The number of halogens is 2. The first-order valence-electron chi connectivity index (χ1n) is 8.26. The van der Waals surface area contributed by atoms with Gasteiger partial charge in [-0.3, -0.25) is 9.89 Å². The second-order valence-electron chi connectivity index (χ2n) is 6.11. The highest BCUT2D eigenvalue weighted by Gasteiger charge is 2.21. The van der Waals surface area contributed by atoms with E-state index >= 15 is 0 Å². The van der Waals surface area contributed by atoms with Gasteiger partial charge in [0.05, 0.1) is 24.3 Å². The fourth-order valence-corrected chi connectivity index (χ4v) is 3.15. The molecule has 0 radical (unpaired) electrons. The average molecular weight is 483 g/mol. The lowest BCUT2D eigenvalue weighted by Crippen LogP contribution is -2.45. The van der Waals surface area contributed by atoms with Crippen LogP contribution in [0.15, 0.2) is 23.2 Å². The van der Waals surface area contributed by atoms with E-state index in [2.05, 4.69) is 29.1 Å². The number of anilines is 1. The van der Waals surface area contributed by atoms with E-state index in [0.29, 0.717) is 35.5 Å². The van der Waals surface area contributed by atoms with Crippen molar-refractivity contribution in [2.75, 3.05) is 38.6 Å². The van der Waals surface area contributed by atoms with Crippen molar-refractivity contribution < 1.29 is 9.47 Å². The molecular formula is C17H28ClIN4O2. The third-order valence-electron chi connectivity index (χ3n) is 3.83. The van der Waals surface area contributed by atoms with Gasteiger partial charge in [0.1, 0.15) is 5.75 Å². The third kappa shape index (κ3) is 7.55. The third-order valence-corrected chi connectivity index (χ3v) is 4.13. The van der Waals surface area contributed by atoms with Crippen molar-refractivity contribution in [3.8, 4) is 5.75 Å². The van der Waals surface area contributed by atoms with Crippen molar-refractivity contribution in [1.29, 1.82) is 0 Å². The number of rotatable bonds is 6. The van der Waals surface area contributed by atoms with Crippen LogP contribution in [-0.2, 0) is 4.74 Å². The highest BCUT2D eigenvalue weighted by Crippen LogP contribution is 2.27. The van der Waals surface area contributed by atoms with E-state index in [1.54, 1.807) is 19.2 Å². The van der Waals surface area contributed by atoms with Crippen molar-refractivity contribution in [3.05, 3.63) is 23.2 Å². The molecule has 1 heterocycles. The van der Waals surface area contributed by atoms with Crippen molar-refractivity contribution in [2.45, 2.75) is 32.5 Å². The SMILES string of the molecule is COc1ccc(NC(N)=NCCCN2CC(C)OC(C)C2)cc1Cl.I. The van der Waals surface area contributed by atoms with Crippen molar-refractivity contribution in [3.63, 3.8) is 0 Å². The summed E-state index contributed by atoms with van der Waals surface area (Å²) in [6.45, 7) is 7.87. The molecule has 1 saturated heterocycles. The number of ether oxygens (including phenoxy) is 2. The standard InChI is InChI=1S/C17H27ClN4O2.HI/c1-12-10-22(11-13(2)24-12)8-4-7-20-17(19)21-14-5-6-16(23-3)15(18)9-14;/h5-6,9,12-13H,4,7-8,10-11H2,1-3H3,(H3,19,20,21);1H. The zero-order valence-corrected chi connectivity index (χ0v) is 18.1. The number of methoxy groups -OCH3 is 1. The predicted octanol–water partition coefficient (Wildman–Crippen LogP) is 3.19. The maximum absolute atomic E-state index is 6.09. The van der Waals surface area contributed by atoms with Crippen LogP contribution >= 0.6 is 35.6 Å². The summed E-state index contributed by atoms with van der Waals surface area (Å²) >= 11 is 6.09. The zero-order chi connectivity index (χ0) is 17.5. The molecule has 3 N–H and O–H groups in total. The van der Waals surface area contributed by atoms with E-state index in [9.17, 15) is 0 Å². The fraction of sp³-hybridized carbons (Fsp3) is 0.588. The van der Waals surface area contributed by atoms with Gasteiger partial charge in [-0.1, -0.05) is 11.6 Å². The average Bonchev–Trinajstić information content (AvgIpc) is 2.51. The molecule has 0 saturated carbocycles. The van der Waals surface area contributed by atoms with Gasteiger partial charge in [0.15, 0.2) is 5.96 Å². The van der Waals surface area contributed by atoms with Crippen LogP contribution in [0.3, 0.4) is 0 Å². The van der Waals surface area contributed by atoms with Crippen LogP contribution in [0.5, 0.6) is 5.75 Å². The van der Waals surface area contributed by atoms with Gasteiger partial charge in [-0.2, -0.15) is 0 Å². The van der Waals surface area contributed by atoms with Gasteiger partial charge in [-0.25, -0.2) is 0 Å². The first kappa shape index (κ1) is 22.3. The maximum Gasteiger partial charge on any atom is 0.193 e. The lowest BCUT2D eigenvalue weighted by molar-refractivity contribution is -0.0679. The van der Waals surface area contributed by atoms with Gasteiger partial charge >= 0.3 is 0 Å². The van der Waals surface area contributed by atoms with Crippen molar-refractivity contribution >= 4 is 47.2 Å². The molecular weight excluding hydrogens is 455 g/mol. The summed E-state index contributed by atoms with van der Waals surface area (Å²) in [7, 11) is 1.58. The summed E-state index contributed by atoms with van der Waals surface area (Å²) in [6, 6.07) is 5.40. The predicted molar refractivity (Wildman–Crippen MR) is 115 cm³/mol. The van der Waals surface area contributed by atoms with Gasteiger partial charge in [0, 0.05) is 31.9 Å². The normalized spacial score (nSPS) is 21.5. The minimum atomic E-state index is 0. The Hall–Kier alpha value is -0.770. The van der Waals surface area contributed by atoms with Crippen LogP contribution in [0.4, 0.5) is 5.69 Å². The molecule has 0 aromatic heterocycles. The molecule has 142 valence electrons. The molecule has 1 aliphatic rings. The molecule has 25 heavy (non-hydrogen) atoms. The van der Waals surface area contributed by atoms with E-state index in [4.69, 9.17) is 26.8 Å². The summed E-state index contributed by atoms with van der Waals surface area (Å²) < 4.78 is 10.9. The summed E-state index contributed by atoms with van der Waals surface area (Å²) in [6.07, 6.45) is 1.55. The second kappa shape index (κ2) is 11.1. The number of aliphatic imine (C=N–C) groups is 1. The first-order valence-corrected chi connectivity index (χ1v) is 8.64. The number of guanidine groups is 1. The molecule has 0 spiro atoms. The van der Waals surface area contributed by atoms with Crippen molar-refractivity contribution in [2.24, 2.45) is 10.7 Å². The topological polar surface area (TPSA) is 72.1 Å². The van der Waals surface area contributed by atoms with Crippen LogP contribution in [0, 0.1) is 0 Å². The summed E-state index contributed by atoms with van der Waals surface area (Å²) in [5, 5.41) is 3.57. The van der Waals surface area contributed by atoms with Crippen LogP contribution in [0.1, 0.15) is 20.3 Å². The number of nitrogens with one attached hydrogen (secondary N) is 1. The number of nitrogens with two attached hydrogens (primary N) is 1. The highest BCUT2D eigenvalue weighted by atomic mass is 127. The van der Waals surface area contributed by atoms with Crippen LogP contribution in [-0.4, -0.2) is 56.4 Å². The van der Waals surface area contributed by atoms with Gasteiger partial charge in [-0.05, 0) is 38.5 Å². The summed E-state index contributed by atoms with van der Waals surface area (Å²) in [5.74, 6) is 1.02. The molecule has 6 nitrogen and oxygen atoms in total. The van der Waals surface area contributed by atoms with E-state index in [-0.39, 0.29) is 24.0 Å². The monoisotopic (exact) mass is 482 g/mol. The van der Waals surface area contributed by atoms with E-state index in [1.165, 1.54) is 0 Å². The first-order chi connectivity index (χ1) is 11.5. The maximum atomic E-state index is 6.09. The number of hydrogen-bond acceptors (Lipinski definition) is 4. The van der Waals surface area contributed by atoms with E-state index in [0.717, 1.165) is 31.7 Å². The molecule has 0 amide bonds. The van der Waals surface area contributed by atoms with Crippen LogP contribution in [0.2, 0.25) is 5.02 Å². The molecule has 1 aromatic carbocycles. The van der Waals surface area contributed by atoms with Crippen LogP contribution in [0.25, 0.3) is 0 Å². The molecule has 0 aliphatic carbocycles. The Morgan fingerprint density at radius 2 is 2.08 bits per heavy atom. The smallest absolute Gasteiger partial charge is 0.193 e. The molecule has 1 aliphatic heterocycles. The Bertz CT molecular complexity index is 564.